The number of carbonyl (C=O) groups excluding carboxylic acids is 3. The molecule has 0 aliphatic carbocycles. The van der Waals surface area contributed by atoms with Gasteiger partial charge in [-0.3, -0.25) is 24.1 Å². The Labute approximate surface area is 163 Å². The maximum absolute atomic E-state index is 13.0. The van der Waals surface area contributed by atoms with Crippen molar-refractivity contribution in [2.45, 2.75) is 0 Å². The number of rotatable bonds is 5. The van der Waals surface area contributed by atoms with E-state index in [4.69, 9.17) is 0 Å². The third kappa shape index (κ3) is 4.34. The summed E-state index contributed by atoms with van der Waals surface area (Å²) in [7, 11) is 1.42. The summed E-state index contributed by atoms with van der Waals surface area (Å²) in [5.41, 5.74) is 0.302. The molecule has 0 saturated carbocycles. The van der Waals surface area contributed by atoms with Crippen molar-refractivity contribution in [3.05, 3.63) is 68.7 Å². The van der Waals surface area contributed by atoms with Crippen molar-refractivity contribution in [2.75, 3.05) is 13.1 Å². The molecule has 0 unspecified atom stereocenters. The van der Waals surface area contributed by atoms with Crippen molar-refractivity contribution in [1.29, 1.82) is 0 Å². The second kappa shape index (κ2) is 8.17. The van der Waals surface area contributed by atoms with Crippen LogP contribution in [0, 0.1) is 5.82 Å². The van der Waals surface area contributed by atoms with E-state index in [0.29, 0.717) is 5.56 Å². The number of hydrogen-bond acceptors (Lipinski definition) is 6. The third-order valence-corrected chi connectivity index (χ3v) is 4.76. The van der Waals surface area contributed by atoms with Gasteiger partial charge in [0.25, 0.3) is 22.6 Å². The van der Waals surface area contributed by atoms with Gasteiger partial charge < -0.3 is 5.32 Å². The number of hydrogen-bond donors (Lipinski definition) is 1. The van der Waals surface area contributed by atoms with Gasteiger partial charge in [0.1, 0.15) is 11.5 Å². The van der Waals surface area contributed by atoms with Gasteiger partial charge in [0, 0.05) is 26.2 Å². The highest BCUT2D eigenvalue weighted by Crippen LogP contribution is 2.31. The minimum Gasteiger partial charge on any atom is -0.349 e. The second-order valence-electron chi connectivity index (χ2n) is 5.82. The van der Waals surface area contributed by atoms with E-state index in [1.807, 2.05) is 0 Å². The molecule has 144 valence electrons. The fourth-order valence-electron chi connectivity index (χ4n) is 2.40. The van der Waals surface area contributed by atoms with E-state index in [1.165, 1.54) is 49.5 Å². The average molecular weight is 402 g/mol. The minimum atomic E-state index is -0.524. The average Bonchev–Trinajstić information content (AvgIpc) is 2.93. The van der Waals surface area contributed by atoms with Crippen LogP contribution in [0.25, 0.3) is 6.08 Å². The Morgan fingerprint density at radius 1 is 1.18 bits per heavy atom. The molecule has 2 heterocycles. The van der Waals surface area contributed by atoms with Crippen LogP contribution in [0.5, 0.6) is 0 Å². The van der Waals surface area contributed by atoms with Crippen LogP contribution in [0.4, 0.5) is 9.18 Å². The lowest BCUT2D eigenvalue weighted by Crippen LogP contribution is -2.38. The zero-order chi connectivity index (χ0) is 20.3. The number of carbonyl (C=O) groups is 3. The number of aromatic nitrogens is 2. The van der Waals surface area contributed by atoms with Gasteiger partial charge in [-0.25, -0.2) is 9.07 Å². The second-order valence-corrected chi connectivity index (χ2v) is 6.81. The van der Waals surface area contributed by atoms with E-state index in [2.05, 4.69) is 10.4 Å². The molecular formula is C18H15FN4O4S. The van der Waals surface area contributed by atoms with Crippen molar-refractivity contribution in [2.24, 2.45) is 7.05 Å². The first-order valence-corrected chi connectivity index (χ1v) is 9.00. The van der Waals surface area contributed by atoms with Crippen molar-refractivity contribution in [1.82, 2.24) is 20.0 Å². The van der Waals surface area contributed by atoms with Crippen LogP contribution in [0.2, 0.25) is 0 Å². The van der Waals surface area contributed by atoms with Crippen molar-refractivity contribution >= 4 is 34.9 Å². The minimum absolute atomic E-state index is 0.0110. The summed E-state index contributed by atoms with van der Waals surface area (Å²) in [5, 5.41) is 5.92. The molecule has 1 aliphatic rings. The van der Waals surface area contributed by atoms with Gasteiger partial charge in [0.15, 0.2) is 0 Å². The predicted octanol–water partition coefficient (Wildman–Crippen LogP) is 1.39. The van der Waals surface area contributed by atoms with Crippen LogP contribution in [-0.4, -0.2) is 44.8 Å². The van der Waals surface area contributed by atoms with Crippen molar-refractivity contribution < 1.29 is 18.8 Å². The summed E-state index contributed by atoms with van der Waals surface area (Å²) >= 11 is 0.781. The van der Waals surface area contributed by atoms with E-state index in [9.17, 15) is 23.6 Å². The van der Waals surface area contributed by atoms with Crippen molar-refractivity contribution in [3.63, 3.8) is 0 Å². The summed E-state index contributed by atoms with van der Waals surface area (Å²) < 4.78 is 14.0. The predicted molar refractivity (Wildman–Crippen MR) is 101 cm³/mol. The molecule has 3 rings (SSSR count). The van der Waals surface area contributed by atoms with E-state index in [0.717, 1.165) is 21.3 Å². The molecule has 8 nitrogen and oxygen atoms in total. The van der Waals surface area contributed by atoms with Crippen molar-refractivity contribution in [3.8, 4) is 0 Å². The Bertz CT molecular complexity index is 1030. The van der Waals surface area contributed by atoms with Gasteiger partial charge in [-0.2, -0.15) is 5.10 Å². The van der Waals surface area contributed by atoms with Crippen LogP contribution in [0.1, 0.15) is 16.1 Å². The molecule has 0 bridgehead atoms. The molecule has 0 spiro atoms. The highest BCUT2D eigenvalue weighted by molar-refractivity contribution is 8.18. The third-order valence-electron chi connectivity index (χ3n) is 3.86. The molecule has 1 aromatic carbocycles. The van der Waals surface area contributed by atoms with Gasteiger partial charge in [-0.15, -0.1) is 0 Å². The van der Waals surface area contributed by atoms with Gasteiger partial charge in [-0.05, 0) is 41.6 Å². The maximum Gasteiger partial charge on any atom is 0.293 e. The number of thioether (sulfide) groups is 1. The first-order chi connectivity index (χ1) is 13.3. The molecule has 0 atom stereocenters. The molecule has 3 amide bonds. The molecule has 1 saturated heterocycles. The quantitative estimate of drug-likeness (QED) is 0.759. The summed E-state index contributed by atoms with van der Waals surface area (Å²) in [4.78, 5) is 49.1. The SMILES string of the molecule is Cn1nc(C(=O)NCCN2C(=O)S/C(=C\c3ccc(F)cc3)C2=O)ccc1=O. The number of halogens is 1. The largest absolute Gasteiger partial charge is 0.349 e. The Balaban J connectivity index is 1.60. The number of imide groups is 1. The molecule has 1 aromatic heterocycles. The fourth-order valence-corrected chi connectivity index (χ4v) is 3.26. The molecular weight excluding hydrogens is 387 g/mol. The van der Waals surface area contributed by atoms with Gasteiger partial charge in [0.05, 0.1) is 4.91 Å². The zero-order valence-corrected chi connectivity index (χ0v) is 15.5. The molecule has 1 fully saturated rings. The lowest BCUT2D eigenvalue weighted by Gasteiger charge is -2.12. The lowest BCUT2D eigenvalue weighted by molar-refractivity contribution is -0.122. The normalized spacial score (nSPS) is 15.4. The van der Waals surface area contributed by atoms with Crippen LogP contribution < -0.4 is 10.9 Å². The van der Waals surface area contributed by atoms with Gasteiger partial charge >= 0.3 is 0 Å². The first-order valence-electron chi connectivity index (χ1n) is 8.18. The fraction of sp³-hybridized carbons (Fsp3) is 0.167. The highest BCUT2D eigenvalue weighted by Gasteiger charge is 2.34. The summed E-state index contributed by atoms with van der Waals surface area (Å²) in [6.07, 6.45) is 1.51. The number of benzene rings is 1. The monoisotopic (exact) mass is 402 g/mol. The topological polar surface area (TPSA) is 101 Å². The Morgan fingerprint density at radius 2 is 1.89 bits per heavy atom. The molecule has 2 aromatic rings. The van der Waals surface area contributed by atoms with Crippen LogP contribution >= 0.6 is 11.8 Å². The van der Waals surface area contributed by atoms with E-state index in [-0.39, 0.29) is 29.2 Å². The molecule has 1 aliphatic heterocycles. The zero-order valence-electron chi connectivity index (χ0n) is 14.7. The van der Waals surface area contributed by atoms with E-state index < -0.39 is 22.9 Å². The Morgan fingerprint density at radius 3 is 2.57 bits per heavy atom. The van der Waals surface area contributed by atoms with Gasteiger partial charge in [-0.1, -0.05) is 12.1 Å². The van der Waals surface area contributed by atoms with E-state index in [1.54, 1.807) is 0 Å². The standard InChI is InChI=1S/C18H15FN4O4S/c1-22-15(24)7-6-13(21-22)16(25)20-8-9-23-17(26)14(28-18(23)27)10-11-2-4-12(19)5-3-11/h2-7,10H,8-9H2,1H3,(H,20,25)/b14-10-. The maximum atomic E-state index is 13.0. The Hall–Kier alpha value is -3.27. The number of nitrogens with one attached hydrogen (secondary N) is 1. The number of nitrogens with zero attached hydrogens (tertiary/aromatic N) is 3. The van der Waals surface area contributed by atoms with E-state index >= 15 is 0 Å². The molecule has 10 heteroatoms. The summed E-state index contributed by atoms with van der Waals surface area (Å²) in [6.45, 7) is 0.0220. The molecule has 28 heavy (non-hydrogen) atoms. The van der Waals surface area contributed by atoms with Crippen LogP contribution in [-0.2, 0) is 11.8 Å². The van der Waals surface area contributed by atoms with Crippen LogP contribution in [0.15, 0.2) is 46.1 Å². The smallest absolute Gasteiger partial charge is 0.293 e. The van der Waals surface area contributed by atoms with Crippen LogP contribution in [0.3, 0.4) is 0 Å². The Kier molecular flexibility index (Phi) is 5.69. The highest BCUT2D eigenvalue weighted by atomic mass is 32.2. The first kappa shape index (κ1) is 19.5. The van der Waals surface area contributed by atoms with Gasteiger partial charge in [0.2, 0.25) is 0 Å². The molecule has 0 radical (unpaired) electrons. The lowest BCUT2D eigenvalue weighted by atomic mass is 10.2. The number of aryl methyl sites for hydroxylation is 1. The number of amides is 3. The molecule has 1 N–H and O–H groups in total. The summed E-state index contributed by atoms with van der Waals surface area (Å²) in [6, 6.07) is 8.05. The summed E-state index contributed by atoms with van der Waals surface area (Å²) in [5.74, 6) is -1.40.